The van der Waals surface area contributed by atoms with Crippen molar-refractivity contribution in [3.8, 4) is 11.3 Å². The van der Waals surface area contributed by atoms with Crippen LogP contribution in [0.15, 0.2) is 30.3 Å². The summed E-state index contributed by atoms with van der Waals surface area (Å²) in [7, 11) is 0. The van der Waals surface area contributed by atoms with Crippen molar-refractivity contribution < 1.29 is 9.84 Å². The molecule has 1 aromatic heterocycles. The third-order valence-corrected chi connectivity index (χ3v) is 4.74. The largest absolute Gasteiger partial charge is 0.396 e. The van der Waals surface area contributed by atoms with Gasteiger partial charge in [0.25, 0.3) is 0 Å². The Bertz CT molecular complexity index is 579. The Labute approximate surface area is 126 Å². The molecule has 0 amide bonds. The molecular formula is C14H15ClN2O2S. The highest BCUT2D eigenvalue weighted by atomic mass is 35.5. The molecule has 1 aliphatic rings. The normalized spacial score (nSPS) is 16.7. The van der Waals surface area contributed by atoms with Crippen molar-refractivity contribution in [1.29, 1.82) is 0 Å². The lowest BCUT2D eigenvalue weighted by molar-refractivity contribution is -0.128. The first-order chi connectivity index (χ1) is 9.74. The molecule has 0 bridgehead atoms. The molecule has 0 saturated carbocycles. The number of hydrogen-bond acceptors (Lipinski definition) is 5. The Hall–Kier alpha value is -1.14. The average Bonchev–Trinajstić information content (AvgIpc) is 2.81. The predicted molar refractivity (Wildman–Crippen MR) is 81.4 cm³/mol. The smallest absolute Gasteiger partial charge is 0.129 e. The van der Waals surface area contributed by atoms with Crippen molar-refractivity contribution in [2.75, 3.05) is 31.7 Å². The molecule has 1 saturated heterocycles. The van der Waals surface area contributed by atoms with E-state index < -0.39 is 0 Å². The number of benzene rings is 1. The number of hydrogen-bond donors (Lipinski definition) is 2. The first-order valence-electron chi connectivity index (χ1n) is 6.37. The van der Waals surface area contributed by atoms with Crippen LogP contribution in [0.5, 0.6) is 0 Å². The summed E-state index contributed by atoms with van der Waals surface area (Å²) < 4.78 is 9.59. The van der Waals surface area contributed by atoms with Crippen LogP contribution in [0.2, 0.25) is 5.02 Å². The molecule has 0 atom stereocenters. The molecule has 6 heteroatoms. The van der Waals surface area contributed by atoms with E-state index in [-0.39, 0.29) is 12.0 Å². The highest BCUT2D eigenvalue weighted by Gasteiger charge is 2.38. The van der Waals surface area contributed by atoms with Crippen LogP contribution in [0.25, 0.3) is 11.3 Å². The fourth-order valence-corrected chi connectivity index (χ4v) is 3.14. The zero-order valence-electron chi connectivity index (χ0n) is 10.8. The van der Waals surface area contributed by atoms with Gasteiger partial charge in [0, 0.05) is 12.1 Å². The highest BCUT2D eigenvalue weighted by molar-refractivity contribution is 7.11. The summed E-state index contributed by atoms with van der Waals surface area (Å²) in [4.78, 5) is 0. The van der Waals surface area contributed by atoms with E-state index in [0.717, 1.165) is 16.3 Å². The molecule has 1 aromatic carbocycles. The molecule has 1 aliphatic heterocycles. The Morgan fingerprint density at radius 1 is 1.35 bits per heavy atom. The molecule has 0 aliphatic carbocycles. The van der Waals surface area contributed by atoms with E-state index in [1.165, 1.54) is 11.5 Å². The summed E-state index contributed by atoms with van der Waals surface area (Å²) in [6.45, 7) is 1.92. The molecule has 106 valence electrons. The zero-order valence-corrected chi connectivity index (χ0v) is 12.4. The minimum absolute atomic E-state index is 0.113. The number of ether oxygens (including phenoxy) is 1. The number of rotatable bonds is 5. The first-order valence-corrected chi connectivity index (χ1v) is 7.52. The van der Waals surface area contributed by atoms with E-state index in [4.69, 9.17) is 16.3 Å². The maximum atomic E-state index is 9.40. The van der Waals surface area contributed by atoms with Gasteiger partial charge in [-0.05, 0) is 11.5 Å². The number of aliphatic hydroxyl groups is 1. The predicted octanol–water partition coefficient (Wildman–Crippen LogP) is 2.88. The first kappa shape index (κ1) is 13.8. The third-order valence-electron chi connectivity index (χ3n) is 3.46. The third kappa shape index (κ3) is 2.54. The summed E-state index contributed by atoms with van der Waals surface area (Å²) in [6.07, 6.45) is 0. The molecule has 2 aromatic rings. The minimum Gasteiger partial charge on any atom is -0.396 e. The van der Waals surface area contributed by atoms with Gasteiger partial charge in [-0.15, -0.1) is 0 Å². The van der Waals surface area contributed by atoms with Gasteiger partial charge in [0.1, 0.15) is 15.7 Å². The molecule has 2 heterocycles. The van der Waals surface area contributed by atoms with E-state index in [9.17, 15) is 5.11 Å². The lowest BCUT2D eigenvalue weighted by atomic mass is 9.87. The van der Waals surface area contributed by atoms with Gasteiger partial charge in [-0.3, -0.25) is 0 Å². The second-order valence-electron chi connectivity index (χ2n) is 5.04. The topological polar surface area (TPSA) is 54.4 Å². The van der Waals surface area contributed by atoms with E-state index in [2.05, 4.69) is 9.69 Å². The van der Waals surface area contributed by atoms with Crippen LogP contribution in [0, 0.1) is 5.41 Å². The molecular weight excluding hydrogens is 296 g/mol. The van der Waals surface area contributed by atoms with Crippen LogP contribution in [-0.2, 0) is 4.74 Å². The maximum absolute atomic E-state index is 9.40. The summed E-state index contributed by atoms with van der Waals surface area (Å²) in [5, 5.41) is 14.2. The Morgan fingerprint density at radius 2 is 2.10 bits per heavy atom. The van der Waals surface area contributed by atoms with E-state index in [1.54, 1.807) is 0 Å². The Kier molecular flexibility index (Phi) is 3.94. The van der Waals surface area contributed by atoms with E-state index in [1.807, 2.05) is 30.3 Å². The molecule has 4 nitrogen and oxygen atoms in total. The van der Waals surface area contributed by atoms with Gasteiger partial charge in [0.2, 0.25) is 0 Å². The van der Waals surface area contributed by atoms with Crippen molar-refractivity contribution in [3.63, 3.8) is 0 Å². The van der Waals surface area contributed by atoms with Crippen molar-refractivity contribution >= 4 is 28.1 Å². The number of nitrogens with zero attached hydrogens (tertiary/aromatic N) is 1. The Balaban J connectivity index is 1.74. The van der Waals surface area contributed by atoms with Gasteiger partial charge in [-0.1, -0.05) is 41.9 Å². The second-order valence-corrected chi connectivity index (χ2v) is 6.20. The number of anilines is 1. The van der Waals surface area contributed by atoms with Crippen LogP contribution >= 0.6 is 23.1 Å². The van der Waals surface area contributed by atoms with Gasteiger partial charge in [0.15, 0.2) is 0 Å². The van der Waals surface area contributed by atoms with Crippen molar-refractivity contribution in [3.05, 3.63) is 35.4 Å². The van der Waals surface area contributed by atoms with Crippen molar-refractivity contribution in [2.24, 2.45) is 5.41 Å². The molecule has 0 radical (unpaired) electrons. The van der Waals surface area contributed by atoms with Gasteiger partial charge >= 0.3 is 0 Å². The van der Waals surface area contributed by atoms with Crippen LogP contribution in [-0.4, -0.2) is 35.8 Å². The van der Waals surface area contributed by atoms with Crippen LogP contribution in [0.3, 0.4) is 0 Å². The second kappa shape index (κ2) is 5.69. The maximum Gasteiger partial charge on any atom is 0.129 e. The lowest BCUT2D eigenvalue weighted by Crippen LogP contribution is -2.50. The summed E-state index contributed by atoms with van der Waals surface area (Å²) in [6, 6.07) is 9.86. The SMILES string of the molecule is OCC1(CNc2snc(-c3ccccc3)c2Cl)COC1. The standard InChI is InChI=1S/C14H15ClN2O2S/c15-11-12(10-4-2-1-3-5-10)17-20-13(11)16-6-14(7-18)8-19-9-14/h1-5,16,18H,6-9H2. The quantitative estimate of drug-likeness (QED) is 0.891. The molecule has 0 spiro atoms. The minimum atomic E-state index is -0.180. The molecule has 0 unspecified atom stereocenters. The van der Waals surface area contributed by atoms with Crippen LogP contribution in [0.4, 0.5) is 5.00 Å². The Morgan fingerprint density at radius 3 is 2.70 bits per heavy atom. The van der Waals surface area contributed by atoms with E-state index in [0.29, 0.717) is 24.8 Å². The van der Waals surface area contributed by atoms with Gasteiger partial charge in [-0.25, -0.2) is 0 Å². The monoisotopic (exact) mass is 310 g/mol. The van der Waals surface area contributed by atoms with Crippen molar-refractivity contribution in [2.45, 2.75) is 0 Å². The lowest BCUT2D eigenvalue weighted by Gasteiger charge is -2.39. The van der Waals surface area contributed by atoms with Gasteiger partial charge < -0.3 is 15.2 Å². The van der Waals surface area contributed by atoms with Gasteiger partial charge in [0.05, 0.1) is 25.2 Å². The van der Waals surface area contributed by atoms with Crippen LogP contribution in [0.1, 0.15) is 0 Å². The zero-order chi connectivity index (χ0) is 14.0. The fourth-order valence-electron chi connectivity index (χ4n) is 2.07. The molecule has 3 rings (SSSR count). The molecule has 20 heavy (non-hydrogen) atoms. The molecule has 1 fully saturated rings. The number of aliphatic hydroxyl groups excluding tert-OH is 1. The average molecular weight is 311 g/mol. The van der Waals surface area contributed by atoms with E-state index >= 15 is 0 Å². The number of nitrogens with one attached hydrogen (secondary N) is 1. The summed E-state index contributed by atoms with van der Waals surface area (Å²) >= 11 is 7.73. The number of aromatic nitrogens is 1. The highest BCUT2D eigenvalue weighted by Crippen LogP contribution is 2.37. The van der Waals surface area contributed by atoms with Crippen LogP contribution < -0.4 is 5.32 Å². The fraction of sp³-hybridized carbons (Fsp3) is 0.357. The van der Waals surface area contributed by atoms with Gasteiger partial charge in [-0.2, -0.15) is 4.37 Å². The number of halogens is 1. The molecule has 2 N–H and O–H groups in total. The summed E-state index contributed by atoms with van der Waals surface area (Å²) in [5.74, 6) is 0. The summed E-state index contributed by atoms with van der Waals surface area (Å²) in [5.41, 5.74) is 1.62. The van der Waals surface area contributed by atoms with Crippen molar-refractivity contribution in [1.82, 2.24) is 4.37 Å².